The molecule has 0 N–H and O–H groups in total. The highest BCUT2D eigenvalue weighted by atomic mass is 16.5. The van der Waals surface area contributed by atoms with E-state index in [1.807, 2.05) is 23.1 Å². The van der Waals surface area contributed by atoms with E-state index in [-0.39, 0.29) is 23.5 Å². The molecule has 5 heteroatoms. The van der Waals surface area contributed by atoms with Gasteiger partial charge in [-0.1, -0.05) is 18.2 Å². The van der Waals surface area contributed by atoms with Crippen LogP contribution in [-0.4, -0.2) is 47.2 Å². The van der Waals surface area contributed by atoms with Crippen LogP contribution in [0.5, 0.6) is 5.88 Å². The minimum absolute atomic E-state index is 0.115. The number of aromatic nitrogens is 1. The standard InChI is InChI=1S/C18H22N2O3/c21-17(14-5-1-2-6-14)20-12-18(13-20)11-15(8-10-22-18)23-16-7-3-4-9-19-16/h1-4,7,9,14-15H,5-6,8,10-13H2. The molecular formula is C18H22N2O3. The fraction of sp³-hybridized carbons (Fsp3) is 0.556. The highest BCUT2D eigenvalue weighted by Gasteiger charge is 2.50. The molecule has 2 aliphatic heterocycles. The second-order valence-corrected chi connectivity index (χ2v) is 6.77. The first-order valence-electron chi connectivity index (χ1n) is 8.40. The largest absolute Gasteiger partial charge is 0.474 e. The molecule has 3 aliphatic rings. The Labute approximate surface area is 136 Å². The van der Waals surface area contributed by atoms with Gasteiger partial charge in [0.05, 0.1) is 19.7 Å². The molecule has 0 saturated carbocycles. The summed E-state index contributed by atoms with van der Waals surface area (Å²) in [7, 11) is 0. The van der Waals surface area contributed by atoms with Gasteiger partial charge in [-0.3, -0.25) is 4.79 Å². The van der Waals surface area contributed by atoms with Crippen LogP contribution in [0.4, 0.5) is 0 Å². The van der Waals surface area contributed by atoms with Gasteiger partial charge in [0.25, 0.3) is 0 Å². The van der Waals surface area contributed by atoms with Crippen LogP contribution in [0.3, 0.4) is 0 Å². The fourth-order valence-corrected chi connectivity index (χ4v) is 3.77. The van der Waals surface area contributed by atoms with Crippen LogP contribution < -0.4 is 4.74 Å². The average Bonchev–Trinajstić information content (AvgIpc) is 3.07. The second-order valence-electron chi connectivity index (χ2n) is 6.77. The van der Waals surface area contributed by atoms with Gasteiger partial charge in [0.1, 0.15) is 11.7 Å². The molecule has 1 aromatic heterocycles. The zero-order valence-electron chi connectivity index (χ0n) is 13.2. The van der Waals surface area contributed by atoms with E-state index in [9.17, 15) is 4.79 Å². The lowest BCUT2D eigenvalue weighted by Crippen LogP contribution is -2.68. The fourth-order valence-electron chi connectivity index (χ4n) is 3.77. The number of likely N-dealkylation sites (tertiary alicyclic amines) is 1. The molecule has 23 heavy (non-hydrogen) atoms. The Hall–Kier alpha value is -1.88. The van der Waals surface area contributed by atoms with E-state index < -0.39 is 0 Å². The number of ether oxygens (including phenoxy) is 2. The van der Waals surface area contributed by atoms with Gasteiger partial charge in [0.15, 0.2) is 0 Å². The van der Waals surface area contributed by atoms with Crippen molar-refractivity contribution < 1.29 is 14.3 Å². The Balaban J connectivity index is 1.32. The Morgan fingerprint density at radius 1 is 1.30 bits per heavy atom. The number of carbonyl (C=O) groups is 1. The lowest BCUT2D eigenvalue weighted by Gasteiger charge is -2.53. The van der Waals surface area contributed by atoms with Crippen molar-refractivity contribution in [2.24, 2.45) is 5.92 Å². The van der Waals surface area contributed by atoms with Gasteiger partial charge in [-0.15, -0.1) is 0 Å². The van der Waals surface area contributed by atoms with Crippen LogP contribution in [0.25, 0.3) is 0 Å². The summed E-state index contributed by atoms with van der Waals surface area (Å²) in [6, 6.07) is 5.69. The van der Waals surface area contributed by atoms with E-state index in [1.54, 1.807) is 6.20 Å². The van der Waals surface area contributed by atoms with E-state index in [0.717, 1.165) is 25.7 Å². The van der Waals surface area contributed by atoms with Crippen molar-refractivity contribution in [2.45, 2.75) is 37.4 Å². The zero-order chi connectivity index (χ0) is 15.7. The van der Waals surface area contributed by atoms with Crippen molar-refractivity contribution in [1.29, 1.82) is 0 Å². The normalized spacial score (nSPS) is 26.3. The summed E-state index contributed by atoms with van der Waals surface area (Å²) in [5, 5.41) is 0. The van der Waals surface area contributed by atoms with Crippen LogP contribution in [0, 0.1) is 5.92 Å². The van der Waals surface area contributed by atoms with Crippen molar-refractivity contribution in [3.05, 3.63) is 36.5 Å². The molecule has 1 atom stereocenters. The number of allylic oxidation sites excluding steroid dienone is 2. The number of rotatable bonds is 3. The molecule has 1 aromatic rings. The maximum absolute atomic E-state index is 12.4. The number of nitrogens with zero attached hydrogens (tertiary/aromatic N) is 2. The van der Waals surface area contributed by atoms with Crippen molar-refractivity contribution in [3.8, 4) is 5.88 Å². The van der Waals surface area contributed by atoms with Crippen molar-refractivity contribution in [1.82, 2.24) is 9.88 Å². The molecule has 0 radical (unpaired) electrons. The van der Waals surface area contributed by atoms with E-state index in [2.05, 4.69) is 17.1 Å². The molecule has 2 saturated heterocycles. The van der Waals surface area contributed by atoms with Gasteiger partial charge >= 0.3 is 0 Å². The number of carbonyl (C=O) groups excluding carboxylic acids is 1. The predicted octanol–water partition coefficient (Wildman–Crippen LogP) is 2.19. The molecule has 4 rings (SSSR count). The molecule has 2 fully saturated rings. The Morgan fingerprint density at radius 3 is 2.87 bits per heavy atom. The molecular weight excluding hydrogens is 292 g/mol. The first kappa shape index (κ1) is 14.7. The molecule has 0 bridgehead atoms. The Morgan fingerprint density at radius 2 is 2.13 bits per heavy atom. The van der Waals surface area contributed by atoms with Gasteiger partial charge in [-0.2, -0.15) is 0 Å². The molecule has 1 unspecified atom stereocenters. The zero-order valence-corrected chi connectivity index (χ0v) is 13.2. The highest BCUT2D eigenvalue weighted by molar-refractivity contribution is 5.80. The van der Waals surface area contributed by atoms with Crippen LogP contribution in [0.2, 0.25) is 0 Å². The topological polar surface area (TPSA) is 51.7 Å². The molecule has 0 aromatic carbocycles. The summed E-state index contributed by atoms with van der Waals surface area (Å²) >= 11 is 0. The Bertz CT molecular complexity index is 588. The first-order chi connectivity index (χ1) is 11.2. The predicted molar refractivity (Wildman–Crippen MR) is 85.0 cm³/mol. The molecule has 1 spiro atoms. The number of amides is 1. The average molecular weight is 314 g/mol. The van der Waals surface area contributed by atoms with Crippen molar-refractivity contribution >= 4 is 5.91 Å². The maximum atomic E-state index is 12.4. The summed E-state index contributed by atoms with van der Waals surface area (Å²) in [4.78, 5) is 18.6. The second kappa shape index (κ2) is 5.96. The van der Waals surface area contributed by atoms with Crippen LogP contribution >= 0.6 is 0 Å². The van der Waals surface area contributed by atoms with Gasteiger partial charge in [-0.05, 0) is 18.9 Å². The third kappa shape index (κ3) is 2.98. The molecule has 3 heterocycles. The summed E-state index contributed by atoms with van der Waals surface area (Å²) in [5.41, 5.74) is -0.209. The first-order valence-corrected chi connectivity index (χ1v) is 8.40. The van der Waals surface area contributed by atoms with Gasteiger partial charge in [0.2, 0.25) is 11.8 Å². The van der Waals surface area contributed by atoms with Gasteiger partial charge < -0.3 is 14.4 Å². The minimum atomic E-state index is -0.209. The van der Waals surface area contributed by atoms with E-state index in [1.165, 1.54) is 0 Å². The van der Waals surface area contributed by atoms with Crippen LogP contribution in [0.1, 0.15) is 25.7 Å². The number of hydrogen-bond donors (Lipinski definition) is 0. The van der Waals surface area contributed by atoms with Gasteiger partial charge in [0, 0.05) is 31.0 Å². The SMILES string of the molecule is O=C(C1CC=CC1)N1CC2(CC(Oc3ccccn3)CCO2)C1. The summed E-state index contributed by atoms with van der Waals surface area (Å²) in [5.74, 6) is 1.09. The highest BCUT2D eigenvalue weighted by Crippen LogP contribution is 2.37. The molecule has 1 amide bonds. The number of pyridine rings is 1. The quantitative estimate of drug-likeness (QED) is 0.803. The summed E-state index contributed by atoms with van der Waals surface area (Å²) in [6.45, 7) is 2.08. The summed E-state index contributed by atoms with van der Waals surface area (Å²) in [6.07, 6.45) is 9.53. The molecule has 122 valence electrons. The van der Waals surface area contributed by atoms with Crippen LogP contribution in [0.15, 0.2) is 36.5 Å². The van der Waals surface area contributed by atoms with Crippen molar-refractivity contribution in [3.63, 3.8) is 0 Å². The van der Waals surface area contributed by atoms with Crippen LogP contribution in [-0.2, 0) is 9.53 Å². The third-order valence-corrected chi connectivity index (χ3v) is 5.00. The lowest BCUT2D eigenvalue weighted by atomic mass is 9.83. The van der Waals surface area contributed by atoms with E-state index in [4.69, 9.17) is 9.47 Å². The third-order valence-electron chi connectivity index (χ3n) is 5.00. The van der Waals surface area contributed by atoms with Crippen molar-refractivity contribution in [2.75, 3.05) is 19.7 Å². The maximum Gasteiger partial charge on any atom is 0.226 e. The molecule has 5 nitrogen and oxygen atoms in total. The van der Waals surface area contributed by atoms with E-state index in [0.29, 0.717) is 25.6 Å². The summed E-state index contributed by atoms with van der Waals surface area (Å²) < 4.78 is 12.0. The Kier molecular flexibility index (Phi) is 3.81. The van der Waals surface area contributed by atoms with Gasteiger partial charge in [-0.25, -0.2) is 4.98 Å². The lowest BCUT2D eigenvalue weighted by molar-refractivity contribution is -0.195. The number of hydrogen-bond acceptors (Lipinski definition) is 4. The smallest absolute Gasteiger partial charge is 0.226 e. The van der Waals surface area contributed by atoms with E-state index >= 15 is 0 Å². The monoisotopic (exact) mass is 314 g/mol. The minimum Gasteiger partial charge on any atom is -0.474 e. The molecule has 1 aliphatic carbocycles.